The third-order valence-corrected chi connectivity index (χ3v) is 7.96. The van der Waals surface area contributed by atoms with Crippen molar-refractivity contribution in [3.05, 3.63) is 29.3 Å². The zero-order valence-electron chi connectivity index (χ0n) is 17.9. The fourth-order valence-electron chi connectivity index (χ4n) is 6.43. The summed E-state index contributed by atoms with van der Waals surface area (Å²) < 4.78 is 6.08. The van der Waals surface area contributed by atoms with E-state index in [0.717, 1.165) is 49.1 Å². The quantitative estimate of drug-likeness (QED) is 0.610. The number of rotatable bonds is 8. The van der Waals surface area contributed by atoms with Crippen LogP contribution >= 0.6 is 12.4 Å². The Morgan fingerprint density at radius 2 is 1.93 bits per heavy atom. The van der Waals surface area contributed by atoms with Crippen LogP contribution in [0.1, 0.15) is 62.5 Å². The molecule has 0 radical (unpaired) electrons. The van der Waals surface area contributed by atoms with Gasteiger partial charge in [0, 0.05) is 12.6 Å². The molecule has 5 rings (SSSR count). The highest BCUT2D eigenvalue weighted by Gasteiger charge is 2.38. The lowest BCUT2D eigenvalue weighted by molar-refractivity contribution is 0.261. The summed E-state index contributed by atoms with van der Waals surface area (Å²) in [4.78, 5) is 2.68. The SMILES string of the molecule is Cl.c1cc2c(cc1OCCCNC1CC3CCC1C3)CCC(CN1CCCC1)C2. The van der Waals surface area contributed by atoms with Crippen LogP contribution in [0, 0.1) is 17.8 Å². The molecule has 1 aromatic carbocycles. The first-order valence-corrected chi connectivity index (χ1v) is 12.0. The molecule has 3 aliphatic carbocycles. The monoisotopic (exact) mass is 418 g/mol. The third-order valence-electron chi connectivity index (χ3n) is 7.96. The van der Waals surface area contributed by atoms with Gasteiger partial charge in [-0.25, -0.2) is 0 Å². The molecule has 4 unspecified atom stereocenters. The van der Waals surface area contributed by atoms with Gasteiger partial charge in [0.05, 0.1) is 6.61 Å². The molecule has 2 bridgehead atoms. The van der Waals surface area contributed by atoms with Crippen molar-refractivity contribution >= 4 is 12.4 Å². The zero-order valence-corrected chi connectivity index (χ0v) is 18.7. The van der Waals surface area contributed by atoms with Crippen molar-refractivity contribution in [2.24, 2.45) is 17.8 Å². The van der Waals surface area contributed by atoms with Crippen molar-refractivity contribution in [1.82, 2.24) is 10.2 Å². The van der Waals surface area contributed by atoms with Crippen LogP contribution in [-0.4, -0.2) is 43.7 Å². The summed E-state index contributed by atoms with van der Waals surface area (Å²) >= 11 is 0. The van der Waals surface area contributed by atoms with E-state index < -0.39 is 0 Å². The van der Waals surface area contributed by atoms with Crippen molar-refractivity contribution in [3.8, 4) is 5.75 Å². The minimum Gasteiger partial charge on any atom is -0.494 e. The zero-order chi connectivity index (χ0) is 18.8. The average molecular weight is 419 g/mol. The molecule has 0 spiro atoms. The van der Waals surface area contributed by atoms with E-state index in [9.17, 15) is 0 Å². The number of nitrogens with one attached hydrogen (secondary N) is 1. The summed E-state index contributed by atoms with van der Waals surface area (Å²) in [6.45, 7) is 5.91. The second kappa shape index (κ2) is 10.0. The van der Waals surface area contributed by atoms with Gasteiger partial charge >= 0.3 is 0 Å². The van der Waals surface area contributed by atoms with Gasteiger partial charge in [-0.1, -0.05) is 12.5 Å². The molecular formula is C25H39ClN2O. The number of likely N-dealkylation sites (tertiary alicyclic amines) is 1. The molecule has 4 aliphatic rings. The first-order valence-electron chi connectivity index (χ1n) is 12.0. The van der Waals surface area contributed by atoms with Crippen molar-refractivity contribution in [2.75, 3.05) is 32.8 Å². The van der Waals surface area contributed by atoms with E-state index in [1.54, 1.807) is 5.56 Å². The molecule has 2 saturated carbocycles. The van der Waals surface area contributed by atoms with Gasteiger partial charge in [-0.2, -0.15) is 0 Å². The topological polar surface area (TPSA) is 24.5 Å². The second-order valence-electron chi connectivity index (χ2n) is 9.98. The van der Waals surface area contributed by atoms with Crippen molar-refractivity contribution in [1.29, 1.82) is 0 Å². The van der Waals surface area contributed by atoms with Gasteiger partial charge in [0.2, 0.25) is 0 Å². The molecule has 3 nitrogen and oxygen atoms in total. The van der Waals surface area contributed by atoms with Gasteiger partial charge in [-0.05, 0) is 118 Å². The molecule has 1 N–H and O–H groups in total. The predicted octanol–water partition coefficient (Wildman–Crippen LogP) is 4.86. The summed E-state index contributed by atoms with van der Waals surface area (Å²) in [6.07, 6.45) is 13.6. The Labute approximate surface area is 183 Å². The Morgan fingerprint density at radius 3 is 2.72 bits per heavy atom. The maximum atomic E-state index is 6.08. The van der Waals surface area contributed by atoms with Gasteiger partial charge in [0.15, 0.2) is 0 Å². The molecule has 1 aliphatic heterocycles. The number of halogens is 1. The maximum Gasteiger partial charge on any atom is 0.119 e. The molecule has 4 atom stereocenters. The van der Waals surface area contributed by atoms with E-state index in [1.807, 2.05) is 0 Å². The molecule has 4 heteroatoms. The van der Waals surface area contributed by atoms with Crippen molar-refractivity contribution in [2.45, 2.75) is 70.3 Å². The average Bonchev–Trinajstić information content (AvgIpc) is 3.46. The Balaban J connectivity index is 0.00000205. The van der Waals surface area contributed by atoms with Crippen LogP contribution in [0.5, 0.6) is 5.75 Å². The van der Waals surface area contributed by atoms with Crippen LogP contribution in [0.4, 0.5) is 0 Å². The molecule has 1 heterocycles. The van der Waals surface area contributed by atoms with E-state index in [-0.39, 0.29) is 12.4 Å². The maximum absolute atomic E-state index is 6.08. The molecule has 0 aromatic heterocycles. The molecule has 3 fully saturated rings. The number of benzene rings is 1. The summed E-state index contributed by atoms with van der Waals surface area (Å²) in [6, 6.07) is 7.68. The van der Waals surface area contributed by atoms with Gasteiger partial charge in [-0.3, -0.25) is 0 Å². The van der Waals surface area contributed by atoms with Crippen molar-refractivity contribution < 1.29 is 4.74 Å². The standard InChI is InChI=1S/C25H38N2O.ClH/c1-2-12-27(11-1)18-20-5-6-22-17-24(9-8-21(22)15-20)28-13-3-10-26-25-16-19-4-7-23(25)14-19;/h8-9,17,19-20,23,25-26H,1-7,10-16,18H2;1H. The Hall–Kier alpha value is -0.770. The molecule has 29 heavy (non-hydrogen) atoms. The molecule has 0 amide bonds. The highest BCUT2D eigenvalue weighted by atomic mass is 35.5. The highest BCUT2D eigenvalue weighted by molar-refractivity contribution is 5.85. The Kier molecular flexibility index (Phi) is 7.42. The number of nitrogens with zero attached hydrogens (tertiary/aromatic N) is 1. The smallest absolute Gasteiger partial charge is 0.119 e. The first-order chi connectivity index (χ1) is 13.8. The van der Waals surface area contributed by atoms with Gasteiger partial charge in [-0.15, -0.1) is 12.4 Å². The van der Waals surface area contributed by atoms with Gasteiger partial charge in [0.25, 0.3) is 0 Å². The number of ether oxygens (including phenoxy) is 1. The molecule has 1 saturated heterocycles. The molecule has 162 valence electrons. The lowest BCUT2D eigenvalue weighted by Gasteiger charge is -2.28. The largest absolute Gasteiger partial charge is 0.494 e. The summed E-state index contributed by atoms with van der Waals surface area (Å²) in [5, 5.41) is 3.80. The third kappa shape index (κ3) is 5.29. The number of hydrogen-bond donors (Lipinski definition) is 1. The number of fused-ring (bicyclic) bond motifs is 3. The summed E-state index contributed by atoms with van der Waals surface area (Å²) in [7, 11) is 0. The lowest BCUT2D eigenvalue weighted by atomic mass is 9.83. The van der Waals surface area contributed by atoms with Crippen molar-refractivity contribution in [3.63, 3.8) is 0 Å². The highest BCUT2D eigenvalue weighted by Crippen LogP contribution is 2.44. The van der Waals surface area contributed by atoms with Crippen LogP contribution in [0.25, 0.3) is 0 Å². The molecular weight excluding hydrogens is 380 g/mol. The van der Waals surface area contributed by atoms with Crippen LogP contribution < -0.4 is 10.1 Å². The Bertz CT molecular complexity index is 660. The lowest BCUT2D eigenvalue weighted by Crippen LogP contribution is -2.35. The fraction of sp³-hybridized carbons (Fsp3) is 0.760. The van der Waals surface area contributed by atoms with E-state index in [0.29, 0.717) is 0 Å². The van der Waals surface area contributed by atoms with E-state index in [2.05, 4.69) is 28.4 Å². The normalized spacial score (nSPS) is 30.9. The summed E-state index contributed by atoms with van der Waals surface area (Å²) in [5.74, 6) is 3.94. The second-order valence-corrected chi connectivity index (χ2v) is 9.98. The van der Waals surface area contributed by atoms with Crippen LogP contribution in [0.2, 0.25) is 0 Å². The van der Waals surface area contributed by atoms with Gasteiger partial charge < -0.3 is 15.0 Å². The summed E-state index contributed by atoms with van der Waals surface area (Å²) in [5.41, 5.74) is 3.11. The van der Waals surface area contributed by atoms with Crippen LogP contribution in [0.3, 0.4) is 0 Å². The van der Waals surface area contributed by atoms with Gasteiger partial charge in [0.1, 0.15) is 5.75 Å². The van der Waals surface area contributed by atoms with E-state index in [1.165, 1.54) is 83.0 Å². The minimum atomic E-state index is 0. The molecule has 1 aromatic rings. The predicted molar refractivity (Wildman–Crippen MR) is 122 cm³/mol. The Morgan fingerprint density at radius 1 is 1.03 bits per heavy atom. The van der Waals surface area contributed by atoms with E-state index >= 15 is 0 Å². The van der Waals surface area contributed by atoms with Crippen LogP contribution in [0.15, 0.2) is 18.2 Å². The number of hydrogen-bond acceptors (Lipinski definition) is 3. The number of aryl methyl sites for hydroxylation is 1. The first kappa shape index (κ1) is 21.5. The van der Waals surface area contributed by atoms with Crippen LogP contribution in [-0.2, 0) is 12.8 Å². The van der Waals surface area contributed by atoms with E-state index in [4.69, 9.17) is 4.74 Å². The minimum absolute atomic E-state index is 0. The fourth-order valence-corrected chi connectivity index (χ4v) is 6.43.